The van der Waals surface area contributed by atoms with E-state index in [0.29, 0.717) is 3.57 Å². The van der Waals surface area contributed by atoms with E-state index in [1.54, 1.807) is 22.6 Å². The van der Waals surface area contributed by atoms with Gasteiger partial charge in [0.05, 0.1) is 5.56 Å². The van der Waals surface area contributed by atoms with Gasteiger partial charge in [0.15, 0.2) is 5.78 Å². The summed E-state index contributed by atoms with van der Waals surface area (Å²) in [6, 6.07) is 6.17. The molecule has 0 saturated carbocycles. The monoisotopic (exact) mass is 362 g/mol. The third-order valence-corrected chi connectivity index (χ3v) is 3.24. The van der Waals surface area contributed by atoms with Gasteiger partial charge in [0.25, 0.3) is 0 Å². The molecule has 0 spiro atoms. The number of hydrogen-bond donors (Lipinski definition) is 0. The van der Waals surface area contributed by atoms with Gasteiger partial charge in [0, 0.05) is 9.13 Å². The van der Waals surface area contributed by atoms with Crippen molar-refractivity contribution in [3.05, 3.63) is 68.5 Å². The molecular formula is C13H6F3IO. The van der Waals surface area contributed by atoms with Crippen molar-refractivity contribution in [2.24, 2.45) is 0 Å². The summed E-state index contributed by atoms with van der Waals surface area (Å²) in [5, 5.41) is 0. The van der Waals surface area contributed by atoms with Crippen LogP contribution in [0.1, 0.15) is 15.9 Å². The van der Waals surface area contributed by atoms with Gasteiger partial charge in [0.2, 0.25) is 0 Å². The number of carbonyl (C=O) groups is 1. The van der Waals surface area contributed by atoms with Crippen molar-refractivity contribution in [1.29, 1.82) is 0 Å². The van der Waals surface area contributed by atoms with Crippen LogP contribution >= 0.6 is 22.6 Å². The second-order valence-corrected chi connectivity index (χ2v) is 4.74. The summed E-state index contributed by atoms with van der Waals surface area (Å²) in [6.07, 6.45) is 0. The Hall–Kier alpha value is -1.37. The van der Waals surface area contributed by atoms with Gasteiger partial charge < -0.3 is 0 Å². The Morgan fingerprint density at radius 1 is 0.889 bits per heavy atom. The lowest BCUT2D eigenvalue weighted by atomic mass is 10.0. The lowest BCUT2D eigenvalue weighted by Crippen LogP contribution is -2.07. The number of ketones is 1. The Kier molecular flexibility index (Phi) is 3.70. The van der Waals surface area contributed by atoms with Crippen LogP contribution in [0, 0.1) is 21.0 Å². The highest BCUT2D eigenvalue weighted by molar-refractivity contribution is 14.1. The third kappa shape index (κ3) is 2.55. The number of benzene rings is 2. The first kappa shape index (κ1) is 13.1. The first-order valence-corrected chi connectivity index (χ1v) is 6.01. The fraction of sp³-hybridized carbons (Fsp3) is 0. The van der Waals surface area contributed by atoms with Crippen LogP contribution in [0.3, 0.4) is 0 Å². The van der Waals surface area contributed by atoms with E-state index in [1.807, 2.05) is 0 Å². The second kappa shape index (κ2) is 5.09. The Labute approximate surface area is 115 Å². The van der Waals surface area contributed by atoms with Crippen LogP contribution in [-0.4, -0.2) is 5.78 Å². The molecule has 0 aliphatic carbocycles. The minimum Gasteiger partial charge on any atom is -0.288 e. The number of rotatable bonds is 2. The zero-order valence-corrected chi connectivity index (χ0v) is 11.0. The molecule has 0 amide bonds. The van der Waals surface area contributed by atoms with Gasteiger partial charge in [-0.1, -0.05) is 0 Å². The molecule has 0 aliphatic rings. The number of hydrogen-bond acceptors (Lipinski definition) is 1. The normalized spacial score (nSPS) is 10.4. The lowest BCUT2D eigenvalue weighted by Gasteiger charge is -2.05. The predicted molar refractivity (Wildman–Crippen MR) is 68.9 cm³/mol. The van der Waals surface area contributed by atoms with Gasteiger partial charge in [0.1, 0.15) is 17.5 Å². The zero-order chi connectivity index (χ0) is 13.3. The van der Waals surface area contributed by atoms with Crippen LogP contribution in [0.5, 0.6) is 0 Å². The molecule has 92 valence electrons. The molecule has 0 radical (unpaired) electrons. The van der Waals surface area contributed by atoms with Crippen molar-refractivity contribution in [2.75, 3.05) is 0 Å². The van der Waals surface area contributed by atoms with Crippen LogP contribution in [0.25, 0.3) is 0 Å². The van der Waals surface area contributed by atoms with E-state index < -0.39 is 23.2 Å². The van der Waals surface area contributed by atoms with Crippen LogP contribution in [0.15, 0.2) is 36.4 Å². The topological polar surface area (TPSA) is 17.1 Å². The van der Waals surface area contributed by atoms with E-state index in [9.17, 15) is 18.0 Å². The summed E-state index contributed by atoms with van der Waals surface area (Å²) in [7, 11) is 0. The first-order valence-electron chi connectivity index (χ1n) is 4.94. The molecule has 0 saturated heterocycles. The summed E-state index contributed by atoms with van der Waals surface area (Å²) < 4.78 is 39.7. The molecule has 0 unspecified atom stereocenters. The molecule has 0 N–H and O–H groups in total. The molecule has 1 nitrogen and oxygen atoms in total. The van der Waals surface area contributed by atoms with E-state index >= 15 is 0 Å². The molecule has 0 heterocycles. The lowest BCUT2D eigenvalue weighted by molar-refractivity contribution is 0.103. The van der Waals surface area contributed by atoms with Crippen molar-refractivity contribution in [2.45, 2.75) is 0 Å². The maximum absolute atomic E-state index is 13.5. The number of halogens is 4. The SMILES string of the molecule is O=C(c1cc(F)ccc1F)c1ccc(F)cc1I. The Morgan fingerprint density at radius 2 is 1.50 bits per heavy atom. The molecule has 18 heavy (non-hydrogen) atoms. The molecule has 0 atom stereocenters. The summed E-state index contributed by atoms with van der Waals surface area (Å²) >= 11 is 1.77. The smallest absolute Gasteiger partial charge is 0.197 e. The van der Waals surface area contributed by atoms with Gasteiger partial charge >= 0.3 is 0 Å². The van der Waals surface area contributed by atoms with E-state index in [0.717, 1.165) is 30.3 Å². The van der Waals surface area contributed by atoms with Gasteiger partial charge in [-0.2, -0.15) is 0 Å². The molecule has 0 aromatic heterocycles. The molecule has 5 heteroatoms. The molecule has 0 aliphatic heterocycles. The van der Waals surface area contributed by atoms with Crippen molar-refractivity contribution >= 4 is 28.4 Å². The van der Waals surface area contributed by atoms with Crippen LogP contribution in [-0.2, 0) is 0 Å². The zero-order valence-electron chi connectivity index (χ0n) is 8.88. The third-order valence-electron chi connectivity index (χ3n) is 2.35. The highest BCUT2D eigenvalue weighted by atomic mass is 127. The fourth-order valence-corrected chi connectivity index (χ4v) is 2.21. The molecule has 2 aromatic rings. The quantitative estimate of drug-likeness (QED) is 0.584. The van der Waals surface area contributed by atoms with Gasteiger partial charge in [-0.25, -0.2) is 13.2 Å². The van der Waals surface area contributed by atoms with Crippen molar-refractivity contribution in [1.82, 2.24) is 0 Å². The summed E-state index contributed by atoms with van der Waals surface area (Å²) in [6.45, 7) is 0. The summed E-state index contributed by atoms with van der Waals surface area (Å²) in [4.78, 5) is 12.0. The second-order valence-electron chi connectivity index (χ2n) is 3.58. The van der Waals surface area contributed by atoms with E-state index in [4.69, 9.17) is 0 Å². The largest absolute Gasteiger partial charge is 0.288 e. The summed E-state index contributed by atoms with van der Waals surface area (Å²) in [5.74, 6) is -2.66. The molecular weight excluding hydrogens is 356 g/mol. The van der Waals surface area contributed by atoms with Gasteiger partial charge in [-0.3, -0.25) is 4.79 Å². The number of carbonyl (C=O) groups excluding carboxylic acids is 1. The van der Waals surface area contributed by atoms with E-state index in [2.05, 4.69) is 0 Å². The highest BCUT2D eigenvalue weighted by Crippen LogP contribution is 2.20. The first-order chi connectivity index (χ1) is 8.49. The van der Waals surface area contributed by atoms with Crippen molar-refractivity contribution in [3.8, 4) is 0 Å². The van der Waals surface area contributed by atoms with Gasteiger partial charge in [-0.15, -0.1) is 0 Å². The minimum atomic E-state index is -0.804. The van der Waals surface area contributed by atoms with E-state index in [1.165, 1.54) is 6.07 Å². The summed E-state index contributed by atoms with van der Waals surface area (Å²) in [5.41, 5.74) is -0.221. The maximum Gasteiger partial charge on any atom is 0.197 e. The Morgan fingerprint density at radius 3 is 2.17 bits per heavy atom. The Bertz CT molecular complexity index is 626. The molecule has 2 aromatic carbocycles. The molecule has 0 bridgehead atoms. The molecule has 0 fully saturated rings. The Balaban J connectivity index is 2.51. The van der Waals surface area contributed by atoms with Crippen LogP contribution < -0.4 is 0 Å². The van der Waals surface area contributed by atoms with Crippen LogP contribution in [0.2, 0.25) is 0 Å². The predicted octanol–water partition coefficient (Wildman–Crippen LogP) is 3.94. The van der Waals surface area contributed by atoms with Crippen molar-refractivity contribution < 1.29 is 18.0 Å². The standard InChI is InChI=1S/C13H6F3IO/c14-7-2-4-11(16)10(5-7)13(18)9-3-1-8(15)6-12(9)17/h1-6H. The average Bonchev–Trinajstić information content (AvgIpc) is 2.31. The highest BCUT2D eigenvalue weighted by Gasteiger charge is 2.17. The van der Waals surface area contributed by atoms with Crippen molar-refractivity contribution in [3.63, 3.8) is 0 Å². The van der Waals surface area contributed by atoms with Crippen LogP contribution in [0.4, 0.5) is 13.2 Å². The fourth-order valence-electron chi connectivity index (χ4n) is 1.49. The maximum atomic E-state index is 13.5. The van der Waals surface area contributed by atoms with Gasteiger partial charge in [-0.05, 0) is 59.0 Å². The van der Waals surface area contributed by atoms with E-state index in [-0.39, 0.29) is 11.1 Å². The average molecular weight is 362 g/mol. The minimum absolute atomic E-state index is 0.140. The molecule has 2 rings (SSSR count).